The number of nitrogens with two attached hydrogens (primary N) is 1. The molecule has 0 aliphatic heterocycles. The Kier molecular flexibility index (Phi) is 2.64. The molecule has 1 aliphatic rings. The van der Waals surface area contributed by atoms with Gasteiger partial charge in [-0.25, -0.2) is 0 Å². The van der Waals surface area contributed by atoms with Crippen molar-refractivity contribution >= 4 is 16.9 Å². The SMILES string of the molecule is Cc1cc(C)c2[nH]c3c(c2c1)C(N)CC(C(=O)O)C3. The highest BCUT2D eigenvalue weighted by atomic mass is 16.4. The van der Waals surface area contributed by atoms with Gasteiger partial charge >= 0.3 is 5.97 Å². The van der Waals surface area contributed by atoms with E-state index in [4.69, 9.17) is 5.73 Å². The largest absolute Gasteiger partial charge is 0.481 e. The van der Waals surface area contributed by atoms with Crippen molar-refractivity contribution in [2.24, 2.45) is 11.7 Å². The van der Waals surface area contributed by atoms with Crippen LogP contribution in [0.15, 0.2) is 12.1 Å². The zero-order valence-electron chi connectivity index (χ0n) is 11.2. The molecule has 0 saturated heterocycles. The molecule has 3 rings (SSSR count). The fraction of sp³-hybridized carbons (Fsp3) is 0.400. The van der Waals surface area contributed by atoms with E-state index in [2.05, 4.69) is 31.0 Å². The smallest absolute Gasteiger partial charge is 0.306 e. The molecule has 19 heavy (non-hydrogen) atoms. The van der Waals surface area contributed by atoms with Crippen LogP contribution in [0.25, 0.3) is 10.9 Å². The average molecular weight is 258 g/mol. The Morgan fingerprint density at radius 2 is 2.16 bits per heavy atom. The molecular weight excluding hydrogens is 240 g/mol. The minimum absolute atomic E-state index is 0.195. The Bertz CT molecular complexity index is 672. The number of aryl methyl sites for hydroxylation is 2. The lowest BCUT2D eigenvalue weighted by Gasteiger charge is -2.24. The number of benzene rings is 1. The van der Waals surface area contributed by atoms with Crippen LogP contribution in [0.1, 0.15) is 34.8 Å². The molecule has 4 nitrogen and oxygen atoms in total. The van der Waals surface area contributed by atoms with Gasteiger partial charge in [-0.1, -0.05) is 11.6 Å². The van der Waals surface area contributed by atoms with E-state index in [9.17, 15) is 9.90 Å². The van der Waals surface area contributed by atoms with Crippen LogP contribution in [0.5, 0.6) is 0 Å². The molecule has 4 heteroatoms. The van der Waals surface area contributed by atoms with Gasteiger partial charge < -0.3 is 15.8 Å². The normalized spacial score (nSPS) is 22.5. The van der Waals surface area contributed by atoms with Gasteiger partial charge in [0.1, 0.15) is 0 Å². The van der Waals surface area contributed by atoms with Crippen LogP contribution in [0.2, 0.25) is 0 Å². The maximum atomic E-state index is 11.2. The van der Waals surface area contributed by atoms with Gasteiger partial charge in [0.25, 0.3) is 0 Å². The quantitative estimate of drug-likeness (QED) is 0.735. The summed E-state index contributed by atoms with van der Waals surface area (Å²) in [5, 5.41) is 10.3. The van der Waals surface area contributed by atoms with Crippen molar-refractivity contribution in [3.8, 4) is 0 Å². The highest BCUT2D eigenvalue weighted by Gasteiger charge is 2.32. The topological polar surface area (TPSA) is 79.1 Å². The summed E-state index contributed by atoms with van der Waals surface area (Å²) in [6, 6.07) is 4.07. The highest BCUT2D eigenvalue weighted by Crippen LogP contribution is 2.38. The molecule has 1 aromatic carbocycles. The van der Waals surface area contributed by atoms with Crippen molar-refractivity contribution in [3.05, 3.63) is 34.5 Å². The van der Waals surface area contributed by atoms with Crippen molar-refractivity contribution < 1.29 is 9.90 Å². The van der Waals surface area contributed by atoms with E-state index in [1.165, 1.54) is 11.1 Å². The van der Waals surface area contributed by atoms with Gasteiger partial charge in [0, 0.05) is 29.1 Å². The Balaban J connectivity index is 2.21. The first-order chi connectivity index (χ1) is 8.97. The van der Waals surface area contributed by atoms with E-state index in [1.807, 2.05) is 0 Å². The minimum atomic E-state index is -0.757. The zero-order valence-corrected chi connectivity index (χ0v) is 11.2. The molecule has 100 valence electrons. The first kappa shape index (κ1) is 12.2. The highest BCUT2D eigenvalue weighted by molar-refractivity contribution is 5.89. The van der Waals surface area contributed by atoms with Crippen molar-refractivity contribution in [3.63, 3.8) is 0 Å². The summed E-state index contributed by atoms with van der Waals surface area (Å²) in [6.07, 6.45) is 1.06. The molecule has 2 unspecified atom stereocenters. The molecule has 2 atom stereocenters. The lowest BCUT2D eigenvalue weighted by Crippen LogP contribution is -2.28. The second-order valence-corrected chi connectivity index (χ2v) is 5.60. The molecule has 2 aromatic rings. The molecule has 1 aromatic heterocycles. The molecule has 4 N–H and O–H groups in total. The summed E-state index contributed by atoms with van der Waals surface area (Å²) in [6.45, 7) is 4.14. The predicted octanol–water partition coefficient (Wildman–Crippen LogP) is 2.43. The second-order valence-electron chi connectivity index (χ2n) is 5.60. The van der Waals surface area contributed by atoms with Crippen LogP contribution in [0.4, 0.5) is 0 Å². The van der Waals surface area contributed by atoms with E-state index >= 15 is 0 Å². The number of hydrogen-bond donors (Lipinski definition) is 3. The molecule has 0 fully saturated rings. The second kappa shape index (κ2) is 4.10. The molecule has 0 saturated carbocycles. The fourth-order valence-electron chi connectivity index (χ4n) is 3.25. The monoisotopic (exact) mass is 258 g/mol. The Morgan fingerprint density at radius 1 is 1.42 bits per heavy atom. The molecule has 0 bridgehead atoms. The molecule has 1 aliphatic carbocycles. The lowest BCUT2D eigenvalue weighted by molar-refractivity contribution is -0.142. The standard InChI is InChI=1S/C15H18N2O2/c1-7-3-8(2)14-10(4-7)13-11(16)5-9(15(18)19)6-12(13)17-14/h3-4,9,11,17H,5-6,16H2,1-2H3,(H,18,19). The number of nitrogens with one attached hydrogen (secondary N) is 1. The third-order valence-corrected chi connectivity index (χ3v) is 4.08. The van der Waals surface area contributed by atoms with E-state index in [0.717, 1.165) is 22.2 Å². The molecule has 0 spiro atoms. The minimum Gasteiger partial charge on any atom is -0.481 e. The number of hydrogen-bond acceptors (Lipinski definition) is 2. The maximum absolute atomic E-state index is 11.2. The van der Waals surface area contributed by atoms with Crippen molar-refractivity contribution in [2.45, 2.75) is 32.7 Å². The van der Waals surface area contributed by atoms with E-state index < -0.39 is 5.97 Å². The first-order valence-electron chi connectivity index (χ1n) is 6.57. The number of carboxylic acid groups (broad SMARTS) is 1. The summed E-state index contributed by atoms with van der Waals surface area (Å²) in [7, 11) is 0. The van der Waals surface area contributed by atoms with Crippen molar-refractivity contribution in [2.75, 3.05) is 0 Å². The Morgan fingerprint density at radius 3 is 2.84 bits per heavy atom. The molecular formula is C15H18N2O2. The van der Waals surface area contributed by atoms with Crippen LogP contribution >= 0.6 is 0 Å². The van der Waals surface area contributed by atoms with Crippen LogP contribution in [-0.4, -0.2) is 16.1 Å². The predicted molar refractivity (Wildman–Crippen MR) is 74.1 cm³/mol. The van der Waals surface area contributed by atoms with Gasteiger partial charge in [-0.15, -0.1) is 0 Å². The van der Waals surface area contributed by atoms with E-state index in [1.54, 1.807) is 0 Å². The third kappa shape index (κ3) is 1.83. The Labute approximate surface area is 111 Å². The molecule has 1 heterocycles. The Hall–Kier alpha value is -1.81. The average Bonchev–Trinajstić information content (AvgIpc) is 2.68. The summed E-state index contributed by atoms with van der Waals surface area (Å²) >= 11 is 0. The van der Waals surface area contributed by atoms with E-state index in [0.29, 0.717) is 12.8 Å². The summed E-state index contributed by atoms with van der Waals surface area (Å²) < 4.78 is 0. The van der Waals surface area contributed by atoms with E-state index in [-0.39, 0.29) is 12.0 Å². The van der Waals surface area contributed by atoms with Crippen LogP contribution < -0.4 is 5.73 Å². The zero-order chi connectivity index (χ0) is 13.7. The molecule has 0 radical (unpaired) electrons. The number of aromatic nitrogens is 1. The van der Waals surface area contributed by atoms with Gasteiger partial charge in [0.15, 0.2) is 0 Å². The number of fused-ring (bicyclic) bond motifs is 3. The number of carboxylic acids is 1. The summed E-state index contributed by atoms with van der Waals surface area (Å²) in [5.41, 5.74) is 11.8. The van der Waals surface area contributed by atoms with Crippen LogP contribution in [0, 0.1) is 19.8 Å². The van der Waals surface area contributed by atoms with Crippen LogP contribution in [0.3, 0.4) is 0 Å². The number of aliphatic carboxylic acids is 1. The fourth-order valence-corrected chi connectivity index (χ4v) is 3.25. The summed E-state index contributed by atoms with van der Waals surface area (Å²) in [5.74, 6) is -1.13. The van der Waals surface area contributed by atoms with Gasteiger partial charge in [-0.2, -0.15) is 0 Å². The lowest BCUT2D eigenvalue weighted by atomic mass is 9.83. The number of H-pyrrole nitrogens is 1. The van der Waals surface area contributed by atoms with Crippen molar-refractivity contribution in [1.82, 2.24) is 4.98 Å². The number of rotatable bonds is 1. The maximum Gasteiger partial charge on any atom is 0.306 e. The van der Waals surface area contributed by atoms with Crippen molar-refractivity contribution in [1.29, 1.82) is 0 Å². The first-order valence-corrected chi connectivity index (χ1v) is 6.57. The third-order valence-electron chi connectivity index (χ3n) is 4.08. The van der Waals surface area contributed by atoms with Gasteiger partial charge in [0.05, 0.1) is 5.92 Å². The summed E-state index contributed by atoms with van der Waals surface area (Å²) in [4.78, 5) is 14.6. The van der Waals surface area contributed by atoms with Gasteiger partial charge in [-0.3, -0.25) is 4.79 Å². The van der Waals surface area contributed by atoms with Gasteiger partial charge in [0.2, 0.25) is 0 Å². The number of aromatic amines is 1. The molecule has 0 amide bonds. The van der Waals surface area contributed by atoms with Crippen LogP contribution in [-0.2, 0) is 11.2 Å². The number of carbonyl (C=O) groups is 1. The van der Waals surface area contributed by atoms with Gasteiger partial charge in [-0.05, 0) is 37.5 Å².